The summed E-state index contributed by atoms with van der Waals surface area (Å²) < 4.78 is 50.1. The Morgan fingerprint density at radius 3 is 2.47 bits per heavy atom. The van der Waals surface area contributed by atoms with Gasteiger partial charge >= 0.3 is 0 Å². The Morgan fingerprint density at radius 2 is 1.78 bits per heavy atom. The Kier molecular flexibility index (Phi) is 5.59. The van der Waals surface area contributed by atoms with E-state index < -0.39 is 20.0 Å². The van der Waals surface area contributed by atoms with Gasteiger partial charge in [0.25, 0.3) is 0 Å². The second-order valence-corrected chi connectivity index (χ2v) is 10.4. The predicted octanol–water partition coefficient (Wildman–Crippen LogP) is 2.03. The summed E-state index contributed by atoms with van der Waals surface area (Å²) >= 11 is 0. The molecule has 32 heavy (non-hydrogen) atoms. The molecule has 2 aromatic carbocycles. The van der Waals surface area contributed by atoms with Crippen molar-refractivity contribution in [3.8, 4) is 11.3 Å². The number of benzene rings is 2. The first-order valence-electron chi connectivity index (χ1n) is 9.36. The van der Waals surface area contributed by atoms with Crippen LogP contribution in [-0.2, 0) is 26.6 Å². The molecule has 0 spiro atoms. The van der Waals surface area contributed by atoms with Gasteiger partial charge in [-0.25, -0.2) is 31.9 Å². The van der Waals surface area contributed by atoms with Crippen LogP contribution < -0.4 is 15.2 Å². The number of primary sulfonamides is 1. The summed E-state index contributed by atoms with van der Waals surface area (Å²) in [6.45, 7) is 0.396. The zero-order valence-corrected chi connectivity index (χ0v) is 18.6. The van der Waals surface area contributed by atoms with E-state index >= 15 is 0 Å². The van der Waals surface area contributed by atoms with Crippen LogP contribution in [0.3, 0.4) is 0 Å². The van der Waals surface area contributed by atoms with E-state index in [2.05, 4.69) is 20.0 Å². The van der Waals surface area contributed by atoms with Gasteiger partial charge in [0.2, 0.25) is 20.0 Å². The molecule has 0 radical (unpaired) electrons. The van der Waals surface area contributed by atoms with E-state index in [1.807, 2.05) is 10.5 Å². The summed E-state index contributed by atoms with van der Waals surface area (Å²) in [6, 6.07) is 13.3. The highest BCUT2D eigenvalue weighted by molar-refractivity contribution is 7.92. The van der Waals surface area contributed by atoms with Gasteiger partial charge in [0.1, 0.15) is 0 Å². The summed E-state index contributed by atoms with van der Waals surface area (Å²) in [6.07, 6.45) is 6.17. The Balaban J connectivity index is 1.59. The van der Waals surface area contributed by atoms with Crippen LogP contribution in [0.2, 0.25) is 0 Å². The van der Waals surface area contributed by atoms with E-state index in [0.29, 0.717) is 23.7 Å². The summed E-state index contributed by atoms with van der Waals surface area (Å²) in [5.41, 5.74) is 3.43. The van der Waals surface area contributed by atoms with Gasteiger partial charge in [-0.2, -0.15) is 0 Å². The van der Waals surface area contributed by atoms with Crippen molar-refractivity contribution in [3.63, 3.8) is 0 Å². The van der Waals surface area contributed by atoms with Gasteiger partial charge in [-0.05, 0) is 29.8 Å². The standard InChI is InChI=1S/C20H20N6O4S2/c1-31(27,28)25-16-4-2-3-15(11-16)18-13-24-20-19(22-9-10-26(18)20)23-12-14-5-7-17(8-6-14)32(21,29)30/h2-11,13,25H,12H2,1H3,(H,22,23)(H2,21,29,30). The smallest absolute Gasteiger partial charge is 0.238 e. The fourth-order valence-electron chi connectivity index (χ4n) is 3.20. The molecule has 0 saturated heterocycles. The molecule has 0 aliphatic heterocycles. The van der Waals surface area contributed by atoms with Crippen molar-refractivity contribution in [1.29, 1.82) is 0 Å². The zero-order valence-electron chi connectivity index (χ0n) is 16.9. The zero-order chi connectivity index (χ0) is 22.9. The predicted molar refractivity (Wildman–Crippen MR) is 122 cm³/mol. The molecule has 0 saturated carbocycles. The van der Waals surface area contributed by atoms with Crippen molar-refractivity contribution in [1.82, 2.24) is 14.4 Å². The molecule has 0 amide bonds. The number of nitrogens with one attached hydrogen (secondary N) is 2. The number of anilines is 2. The first-order valence-corrected chi connectivity index (χ1v) is 12.8. The maximum Gasteiger partial charge on any atom is 0.238 e. The SMILES string of the molecule is CS(=O)(=O)Nc1cccc(-c2cnc3c(NCc4ccc(S(N)(=O)=O)cc4)nccn23)c1. The van der Waals surface area contributed by atoms with E-state index in [1.165, 1.54) is 12.1 Å². The van der Waals surface area contributed by atoms with E-state index in [4.69, 9.17) is 5.14 Å². The van der Waals surface area contributed by atoms with Gasteiger partial charge in [-0.15, -0.1) is 0 Å². The average molecular weight is 473 g/mol. The van der Waals surface area contributed by atoms with Crippen LogP contribution in [-0.4, -0.2) is 37.5 Å². The Labute approximate surface area is 185 Å². The lowest BCUT2D eigenvalue weighted by molar-refractivity contribution is 0.597. The second kappa shape index (κ2) is 8.22. The van der Waals surface area contributed by atoms with Gasteiger partial charge < -0.3 is 5.32 Å². The topological polar surface area (TPSA) is 149 Å². The van der Waals surface area contributed by atoms with Gasteiger partial charge in [0, 0.05) is 30.2 Å². The number of nitrogens with zero attached hydrogens (tertiary/aromatic N) is 3. The van der Waals surface area contributed by atoms with E-state index in [0.717, 1.165) is 23.1 Å². The third kappa shape index (κ3) is 4.88. The molecule has 0 fully saturated rings. The Morgan fingerprint density at radius 1 is 1.03 bits per heavy atom. The van der Waals surface area contributed by atoms with Crippen LogP contribution in [0.25, 0.3) is 16.9 Å². The van der Waals surface area contributed by atoms with Crippen LogP contribution in [0.5, 0.6) is 0 Å². The van der Waals surface area contributed by atoms with Crippen molar-refractivity contribution >= 4 is 37.2 Å². The second-order valence-electron chi connectivity index (χ2n) is 7.11. The first-order chi connectivity index (χ1) is 15.1. The third-order valence-corrected chi connectivity index (χ3v) is 6.14. The van der Waals surface area contributed by atoms with Crippen LogP contribution in [0.15, 0.2) is 72.0 Å². The van der Waals surface area contributed by atoms with Crippen LogP contribution in [0.1, 0.15) is 5.56 Å². The van der Waals surface area contributed by atoms with Crippen LogP contribution >= 0.6 is 0 Å². The van der Waals surface area contributed by atoms with Gasteiger partial charge in [-0.3, -0.25) is 9.12 Å². The number of hydrogen-bond acceptors (Lipinski definition) is 7. The van der Waals surface area contributed by atoms with E-state index in [-0.39, 0.29) is 4.90 Å². The molecule has 0 atom stereocenters. The number of sulfonamides is 2. The maximum absolute atomic E-state index is 11.5. The highest BCUT2D eigenvalue weighted by Crippen LogP contribution is 2.26. The van der Waals surface area contributed by atoms with Crippen molar-refractivity contribution in [2.45, 2.75) is 11.4 Å². The normalized spacial score (nSPS) is 12.1. The lowest BCUT2D eigenvalue weighted by Gasteiger charge is -2.09. The molecule has 0 bridgehead atoms. The molecule has 2 aromatic heterocycles. The van der Waals surface area contributed by atoms with E-state index in [1.54, 1.807) is 48.9 Å². The fourth-order valence-corrected chi connectivity index (χ4v) is 4.27. The Hall–Kier alpha value is -3.48. The molecule has 4 rings (SSSR count). The quantitative estimate of drug-likeness (QED) is 0.373. The number of fused-ring (bicyclic) bond motifs is 1. The molecule has 166 valence electrons. The maximum atomic E-state index is 11.5. The first kappa shape index (κ1) is 21.7. The Bertz CT molecular complexity index is 1500. The van der Waals surface area contributed by atoms with Crippen molar-refractivity contribution in [2.75, 3.05) is 16.3 Å². The molecule has 12 heteroatoms. The van der Waals surface area contributed by atoms with Crippen LogP contribution in [0, 0.1) is 0 Å². The molecule has 4 N–H and O–H groups in total. The minimum absolute atomic E-state index is 0.0481. The van der Waals surface area contributed by atoms with Crippen molar-refractivity contribution < 1.29 is 16.8 Å². The summed E-state index contributed by atoms with van der Waals surface area (Å²) in [5.74, 6) is 0.541. The summed E-state index contributed by atoms with van der Waals surface area (Å²) in [5, 5.41) is 8.33. The summed E-state index contributed by atoms with van der Waals surface area (Å²) in [4.78, 5) is 8.86. The lowest BCUT2D eigenvalue weighted by atomic mass is 10.1. The van der Waals surface area contributed by atoms with Gasteiger partial charge in [0.15, 0.2) is 11.5 Å². The number of rotatable bonds is 7. The third-order valence-electron chi connectivity index (χ3n) is 4.60. The minimum Gasteiger partial charge on any atom is -0.363 e. The number of aromatic nitrogens is 3. The minimum atomic E-state index is -3.74. The van der Waals surface area contributed by atoms with Gasteiger partial charge in [0.05, 0.1) is 23.0 Å². The van der Waals surface area contributed by atoms with Crippen molar-refractivity contribution in [3.05, 3.63) is 72.7 Å². The molecule has 10 nitrogen and oxygen atoms in total. The molecule has 0 aliphatic carbocycles. The fraction of sp³-hybridized carbons (Fsp3) is 0.100. The van der Waals surface area contributed by atoms with Crippen LogP contribution in [0.4, 0.5) is 11.5 Å². The molecular formula is C20H20N6O4S2. The highest BCUT2D eigenvalue weighted by Gasteiger charge is 2.12. The molecule has 0 unspecified atom stereocenters. The molecule has 0 aliphatic rings. The van der Waals surface area contributed by atoms with Gasteiger partial charge in [-0.1, -0.05) is 24.3 Å². The number of hydrogen-bond donors (Lipinski definition) is 3. The summed E-state index contributed by atoms with van der Waals surface area (Å²) in [7, 11) is -7.13. The largest absolute Gasteiger partial charge is 0.363 e. The van der Waals surface area contributed by atoms with E-state index in [9.17, 15) is 16.8 Å². The highest BCUT2D eigenvalue weighted by atomic mass is 32.2. The number of nitrogens with two attached hydrogens (primary N) is 1. The molecule has 2 heterocycles. The monoisotopic (exact) mass is 472 g/mol. The lowest BCUT2D eigenvalue weighted by Crippen LogP contribution is -2.12. The number of imidazole rings is 1. The molecular weight excluding hydrogens is 452 g/mol. The molecule has 4 aromatic rings. The average Bonchev–Trinajstić information content (AvgIpc) is 3.16. The van der Waals surface area contributed by atoms with Crippen molar-refractivity contribution in [2.24, 2.45) is 5.14 Å².